The molecule has 1 amide bonds. The average molecular weight is 376 g/mol. The normalized spacial score (nSPS) is 18.4. The molecule has 0 bridgehead atoms. The summed E-state index contributed by atoms with van der Waals surface area (Å²) < 4.78 is 16.4. The summed E-state index contributed by atoms with van der Waals surface area (Å²) in [5.74, 6) is 0. The van der Waals surface area contributed by atoms with Crippen molar-refractivity contribution < 1.29 is 24.1 Å². The maximum absolute atomic E-state index is 12.0. The van der Waals surface area contributed by atoms with Gasteiger partial charge >= 0.3 is 6.09 Å². The minimum atomic E-state index is -1.10. The number of carbonyl (C=O) groups excluding carboxylic acids is 1. The van der Waals surface area contributed by atoms with E-state index >= 15 is 0 Å². The molecule has 1 fully saturated rings. The summed E-state index contributed by atoms with van der Waals surface area (Å²) in [5.41, 5.74) is -1.25. The van der Waals surface area contributed by atoms with Crippen LogP contribution in [0.5, 0.6) is 0 Å². The number of amides is 1. The second-order valence-electron chi connectivity index (χ2n) is 9.33. The van der Waals surface area contributed by atoms with Crippen LogP contribution in [0.25, 0.3) is 0 Å². The molecule has 1 aliphatic carbocycles. The van der Waals surface area contributed by atoms with Crippen LogP contribution in [-0.4, -0.2) is 56.5 Å². The van der Waals surface area contributed by atoms with Crippen LogP contribution in [0.2, 0.25) is 25.7 Å². The molecule has 0 saturated heterocycles. The van der Waals surface area contributed by atoms with E-state index in [4.69, 9.17) is 14.2 Å². The van der Waals surface area contributed by atoms with Gasteiger partial charge in [-0.05, 0) is 52.5 Å². The first kappa shape index (κ1) is 22.4. The third kappa shape index (κ3) is 10.8. The first-order chi connectivity index (χ1) is 11.4. The fourth-order valence-corrected chi connectivity index (χ4v) is 3.32. The summed E-state index contributed by atoms with van der Waals surface area (Å²) in [5, 5.41) is 13.2. The molecule has 1 rings (SSSR count). The second kappa shape index (κ2) is 9.35. The van der Waals surface area contributed by atoms with E-state index in [-0.39, 0.29) is 12.8 Å². The van der Waals surface area contributed by atoms with E-state index in [0.29, 0.717) is 19.6 Å². The molecule has 1 atom stereocenters. The van der Waals surface area contributed by atoms with E-state index in [1.165, 1.54) is 0 Å². The molecule has 1 saturated carbocycles. The Kier molecular flexibility index (Phi) is 8.38. The molecular formula is C18H37NO5Si. The zero-order valence-corrected chi connectivity index (χ0v) is 17.8. The lowest BCUT2D eigenvalue weighted by molar-refractivity contribution is -0.0799. The topological polar surface area (TPSA) is 77.0 Å². The minimum absolute atomic E-state index is 0.204. The first-order valence-corrected chi connectivity index (χ1v) is 13.0. The summed E-state index contributed by atoms with van der Waals surface area (Å²) in [6.07, 6.45) is 2.55. The van der Waals surface area contributed by atoms with Crippen molar-refractivity contribution in [1.29, 1.82) is 0 Å². The second-order valence-corrected chi connectivity index (χ2v) is 15.0. The fourth-order valence-electron chi connectivity index (χ4n) is 2.56. The van der Waals surface area contributed by atoms with Crippen LogP contribution in [0.15, 0.2) is 0 Å². The van der Waals surface area contributed by atoms with Crippen molar-refractivity contribution in [2.24, 2.45) is 0 Å². The zero-order valence-electron chi connectivity index (χ0n) is 16.8. The molecule has 0 heterocycles. The van der Waals surface area contributed by atoms with Crippen molar-refractivity contribution in [3.05, 3.63) is 0 Å². The van der Waals surface area contributed by atoms with Crippen molar-refractivity contribution >= 4 is 14.2 Å². The Morgan fingerprint density at radius 1 is 1.24 bits per heavy atom. The van der Waals surface area contributed by atoms with Crippen LogP contribution < -0.4 is 5.32 Å². The monoisotopic (exact) mass is 375 g/mol. The molecule has 0 aromatic rings. The maximum atomic E-state index is 12.0. The SMILES string of the molecule is CC(C)(C)OC(=O)N[C@H](COCOCC[Si](C)(C)C)CC1(O)CCC1. The Morgan fingerprint density at radius 3 is 2.36 bits per heavy atom. The van der Waals surface area contributed by atoms with Crippen LogP contribution in [0.3, 0.4) is 0 Å². The van der Waals surface area contributed by atoms with Gasteiger partial charge in [0.15, 0.2) is 0 Å². The van der Waals surface area contributed by atoms with Gasteiger partial charge in [0.05, 0.1) is 18.2 Å². The average Bonchev–Trinajstić information content (AvgIpc) is 2.37. The highest BCUT2D eigenvalue weighted by Crippen LogP contribution is 2.35. The summed E-state index contributed by atoms with van der Waals surface area (Å²) in [6.45, 7) is 13.6. The van der Waals surface area contributed by atoms with E-state index < -0.39 is 25.4 Å². The van der Waals surface area contributed by atoms with Gasteiger partial charge in [0.2, 0.25) is 0 Å². The fraction of sp³-hybridized carbons (Fsp3) is 0.944. The molecule has 0 aliphatic heterocycles. The molecule has 0 aromatic carbocycles. The largest absolute Gasteiger partial charge is 0.444 e. The predicted octanol–water partition coefficient (Wildman–Crippen LogP) is 3.51. The van der Waals surface area contributed by atoms with Gasteiger partial charge in [0.1, 0.15) is 12.4 Å². The van der Waals surface area contributed by atoms with Crippen LogP contribution in [0, 0.1) is 0 Å². The number of rotatable bonds is 10. The number of hydrogen-bond donors (Lipinski definition) is 2. The van der Waals surface area contributed by atoms with Gasteiger partial charge in [-0.3, -0.25) is 0 Å². The van der Waals surface area contributed by atoms with Crippen LogP contribution in [-0.2, 0) is 14.2 Å². The molecule has 1 aliphatic rings. The molecule has 148 valence electrons. The Hall–Kier alpha value is -0.633. The molecule has 2 N–H and O–H groups in total. The zero-order chi connectivity index (χ0) is 19.1. The maximum Gasteiger partial charge on any atom is 0.407 e. The molecule has 0 radical (unpaired) electrons. The van der Waals surface area contributed by atoms with E-state index in [1.807, 2.05) is 20.8 Å². The number of nitrogens with one attached hydrogen (secondary N) is 1. The van der Waals surface area contributed by atoms with Crippen LogP contribution >= 0.6 is 0 Å². The van der Waals surface area contributed by atoms with Gasteiger partial charge in [-0.25, -0.2) is 4.79 Å². The van der Waals surface area contributed by atoms with Gasteiger partial charge < -0.3 is 24.6 Å². The smallest absolute Gasteiger partial charge is 0.407 e. The highest BCUT2D eigenvalue weighted by atomic mass is 28.3. The quantitative estimate of drug-likeness (QED) is 0.347. The molecule has 0 aromatic heterocycles. The molecule has 6 nitrogen and oxygen atoms in total. The van der Waals surface area contributed by atoms with Crippen molar-refractivity contribution in [1.82, 2.24) is 5.32 Å². The Labute approximate surface area is 153 Å². The molecule has 0 unspecified atom stereocenters. The summed E-state index contributed by atoms with van der Waals surface area (Å²) >= 11 is 0. The number of aliphatic hydroxyl groups is 1. The lowest BCUT2D eigenvalue weighted by Crippen LogP contribution is -2.49. The van der Waals surface area contributed by atoms with Gasteiger partial charge in [-0.2, -0.15) is 0 Å². The lowest BCUT2D eigenvalue weighted by atomic mass is 9.76. The minimum Gasteiger partial charge on any atom is -0.444 e. The van der Waals surface area contributed by atoms with Gasteiger partial charge in [0, 0.05) is 14.7 Å². The number of ether oxygens (including phenoxy) is 3. The summed E-state index contributed by atoms with van der Waals surface area (Å²) in [6, 6.07) is 0.802. The Morgan fingerprint density at radius 2 is 1.88 bits per heavy atom. The third-order valence-corrected chi connectivity index (χ3v) is 5.82. The predicted molar refractivity (Wildman–Crippen MR) is 101 cm³/mol. The van der Waals surface area contributed by atoms with Crippen LogP contribution in [0.1, 0.15) is 46.5 Å². The number of hydrogen-bond acceptors (Lipinski definition) is 5. The first-order valence-electron chi connectivity index (χ1n) is 9.26. The summed E-state index contributed by atoms with van der Waals surface area (Å²) in [7, 11) is -1.10. The van der Waals surface area contributed by atoms with Gasteiger partial charge in [0.25, 0.3) is 0 Å². The summed E-state index contributed by atoms with van der Waals surface area (Å²) in [4.78, 5) is 12.0. The molecular weight excluding hydrogens is 338 g/mol. The van der Waals surface area contributed by atoms with Crippen molar-refractivity contribution in [2.45, 2.75) is 89.4 Å². The highest BCUT2D eigenvalue weighted by molar-refractivity contribution is 6.76. The van der Waals surface area contributed by atoms with Gasteiger partial charge in [-0.1, -0.05) is 19.6 Å². The Bertz CT molecular complexity index is 413. The third-order valence-electron chi connectivity index (χ3n) is 4.11. The molecule has 0 spiro atoms. The Balaban J connectivity index is 2.36. The van der Waals surface area contributed by atoms with E-state index in [0.717, 1.165) is 25.3 Å². The highest BCUT2D eigenvalue weighted by Gasteiger charge is 2.37. The number of alkyl carbamates (subject to hydrolysis) is 1. The van der Waals surface area contributed by atoms with Crippen LogP contribution in [0.4, 0.5) is 4.79 Å². The van der Waals surface area contributed by atoms with Crippen molar-refractivity contribution in [3.63, 3.8) is 0 Å². The molecule has 25 heavy (non-hydrogen) atoms. The van der Waals surface area contributed by atoms with E-state index in [9.17, 15) is 9.90 Å². The van der Waals surface area contributed by atoms with E-state index in [1.54, 1.807) is 0 Å². The standard InChI is InChI=1S/C18H37NO5Si/c1-17(2,3)24-16(20)19-15(12-18(21)8-7-9-18)13-23-14-22-10-11-25(4,5)6/h15,21H,7-14H2,1-6H3,(H,19,20)/t15-/m0/s1. The number of carbonyl (C=O) groups is 1. The lowest BCUT2D eigenvalue weighted by Gasteiger charge is -2.39. The molecule has 7 heteroatoms. The van der Waals surface area contributed by atoms with Crippen molar-refractivity contribution in [2.75, 3.05) is 20.0 Å². The van der Waals surface area contributed by atoms with Gasteiger partial charge in [-0.15, -0.1) is 0 Å². The van der Waals surface area contributed by atoms with E-state index in [2.05, 4.69) is 25.0 Å². The van der Waals surface area contributed by atoms with Crippen molar-refractivity contribution in [3.8, 4) is 0 Å².